The Kier molecular flexibility index (Phi) is 4.98. The van der Waals surface area contributed by atoms with Crippen LogP contribution in [0.5, 0.6) is 0 Å². The van der Waals surface area contributed by atoms with Gasteiger partial charge in [0.25, 0.3) is 5.91 Å². The van der Waals surface area contributed by atoms with E-state index in [2.05, 4.69) is 41.1 Å². The largest absolute Gasteiger partial charge is 0.328 e. The number of aryl methyl sites for hydroxylation is 2. The molecular formula is C21H25N3O2. The molecule has 0 atom stereocenters. The van der Waals surface area contributed by atoms with Crippen LogP contribution in [0.3, 0.4) is 0 Å². The van der Waals surface area contributed by atoms with Crippen LogP contribution in [-0.2, 0) is 11.2 Å². The Balaban J connectivity index is 1.91. The van der Waals surface area contributed by atoms with Crippen molar-refractivity contribution in [1.29, 1.82) is 0 Å². The van der Waals surface area contributed by atoms with Crippen LogP contribution < -0.4 is 5.32 Å². The number of aromatic nitrogens is 1. The number of imide groups is 1. The van der Waals surface area contributed by atoms with Crippen LogP contribution in [0.1, 0.15) is 42.3 Å². The second kappa shape index (κ2) is 7.20. The number of carbonyl (C=O) groups excluding carboxylic acids is 2. The molecule has 0 radical (unpaired) electrons. The lowest BCUT2D eigenvalue weighted by Gasteiger charge is -2.11. The number of unbranched alkanes of at least 4 members (excludes halogenated alkanes) is 1. The Morgan fingerprint density at radius 2 is 1.81 bits per heavy atom. The van der Waals surface area contributed by atoms with Crippen molar-refractivity contribution in [2.75, 3.05) is 7.05 Å². The van der Waals surface area contributed by atoms with Crippen molar-refractivity contribution in [2.24, 2.45) is 0 Å². The van der Waals surface area contributed by atoms with Gasteiger partial charge in [-0.1, -0.05) is 25.5 Å². The van der Waals surface area contributed by atoms with Gasteiger partial charge in [0.2, 0.25) is 0 Å². The van der Waals surface area contributed by atoms with Crippen molar-refractivity contribution < 1.29 is 9.59 Å². The first kappa shape index (κ1) is 18.0. The molecule has 0 unspecified atom stereocenters. The van der Waals surface area contributed by atoms with E-state index in [9.17, 15) is 9.59 Å². The SMILES string of the molecule is CCCCc1ccc(-n2c(C)cc(/C=C3/NC(=O)N(C)C3=O)c2C)cc1. The van der Waals surface area contributed by atoms with E-state index in [1.54, 1.807) is 6.08 Å². The van der Waals surface area contributed by atoms with Crippen molar-refractivity contribution in [3.8, 4) is 5.69 Å². The number of hydrogen-bond acceptors (Lipinski definition) is 2. The Bertz CT molecular complexity index is 875. The molecule has 136 valence electrons. The molecule has 2 heterocycles. The molecule has 1 saturated heterocycles. The highest BCUT2D eigenvalue weighted by Gasteiger charge is 2.30. The molecule has 0 aliphatic carbocycles. The Morgan fingerprint density at radius 1 is 1.12 bits per heavy atom. The van der Waals surface area contributed by atoms with Crippen molar-refractivity contribution in [1.82, 2.24) is 14.8 Å². The van der Waals surface area contributed by atoms with Gasteiger partial charge in [-0.3, -0.25) is 9.69 Å². The summed E-state index contributed by atoms with van der Waals surface area (Å²) in [4.78, 5) is 24.8. The molecule has 1 aliphatic rings. The van der Waals surface area contributed by atoms with Crippen LogP contribution in [0, 0.1) is 13.8 Å². The number of urea groups is 1. The predicted molar refractivity (Wildman–Crippen MR) is 103 cm³/mol. The molecule has 3 rings (SSSR count). The Hall–Kier alpha value is -2.82. The molecule has 1 aromatic carbocycles. The summed E-state index contributed by atoms with van der Waals surface area (Å²) in [6.45, 7) is 6.27. The predicted octanol–water partition coefficient (Wildman–Crippen LogP) is 3.96. The topological polar surface area (TPSA) is 54.3 Å². The van der Waals surface area contributed by atoms with Crippen LogP contribution in [0.4, 0.5) is 4.79 Å². The molecule has 26 heavy (non-hydrogen) atoms. The highest BCUT2D eigenvalue weighted by atomic mass is 16.2. The second-order valence-electron chi connectivity index (χ2n) is 6.78. The van der Waals surface area contributed by atoms with Gasteiger partial charge in [-0.05, 0) is 62.1 Å². The quantitative estimate of drug-likeness (QED) is 0.655. The molecule has 2 aromatic rings. The number of benzene rings is 1. The summed E-state index contributed by atoms with van der Waals surface area (Å²) in [6.07, 6.45) is 5.25. The number of nitrogens with one attached hydrogen (secondary N) is 1. The molecule has 0 spiro atoms. The summed E-state index contributed by atoms with van der Waals surface area (Å²) in [7, 11) is 1.47. The van der Waals surface area contributed by atoms with Crippen molar-refractivity contribution in [3.05, 3.63) is 58.5 Å². The fraction of sp³-hybridized carbons (Fsp3) is 0.333. The molecule has 0 saturated carbocycles. The Labute approximate surface area is 154 Å². The molecule has 1 aromatic heterocycles. The number of rotatable bonds is 5. The zero-order valence-corrected chi connectivity index (χ0v) is 15.8. The van der Waals surface area contributed by atoms with E-state index in [0.29, 0.717) is 5.70 Å². The van der Waals surface area contributed by atoms with E-state index in [4.69, 9.17) is 0 Å². The summed E-state index contributed by atoms with van der Waals surface area (Å²) in [5.41, 5.74) is 5.81. The van der Waals surface area contributed by atoms with Crippen LogP contribution >= 0.6 is 0 Å². The van der Waals surface area contributed by atoms with E-state index in [-0.39, 0.29) is 5.91 Å². The number of hydrogen-bond donors (Lipinski definition) is 1. The van der Waals surface area contributed by atoms with Crippen molar-refractivity contribution >= 4 is 18.0 Å². The van der Waals surface area contributed by atoms with Gasteiger partial charge in [0.1, 0.15) is 5.70 Å². The summed E-state index contributed by atoms with van der Waals surface area (Å²) in [5, 5.41) is 2.61. The molecule has 1 N–H and O–H groups in total. The van der Waals surface area contributed by atoms with Crippen LogP contribution in [0.25, 0.3) is 11.8 Å². The molecule has 1 aliphatic heterocycles. The van der Waals surface area contributed by atoms with E-state index >= 15 is 0 Å². The normalized spacial score (nSPS) is 15.8. The zero-order chi connectivity index (χ0) is 18.8. The third-order valence-electron chi connectivity index (χ3n) is 4.86. The summed E-state index contributed by atoms with van der Waals surface area (Å²) in [5.74, 6) is -0.305. The fourth-order valence-corrected chi connectivity index (χ4v) is 3.30. The molecule has 1 fully saturated rings. The van der Waals surface area contributed by atoms with Crippen LogP contribution in [-0.4, -0.2) is 28.5 Å². The minimum Gasteiger partial charge on any atom is -0.318 e. The second-order valence-corrected chi connectivity index (χ2v) is 6.78. The van der Waals surface area contributed by atoms with E-state index in [0.717, 1.165) is 34.0 Å². The van der Waals surface area contributed by atoms with Gasteiger partial charge in [-0.15, -0.1) is 0 Å². The van der Waals surface area contributed by atoms with Crippen molar-refractivity contribution in [2.45, 2.75) is 40.0 Å². The van der Waals surface area contributed by atoms with Gasteiger partial charge in [0.15, 0.2) is 0 Å². The standard InChI is InChI=1S/C21H25N3O2/c1-5-6-7-16-8-10-18(11-9-16)24-14(2)12-17(15(24)3)13-19-20(25)23(4)21(26)22-19/h8-13H,5-7H2,1-4H3,(H,22,26)/b19-13+. The third kappa shape index (κ3) is 3.29. The first-order valence-electron chi connectivity index (χ1n) is 9.01. The smallest absolute Gasteiger partial charge is 0.318 e. The monoisotopic (exact) mass is 351 g/mol. The molecular weight excluding hydrogens is 326 g/mol. The lowest BCUT2D eigenvalue weighted by Crippen LogP contribution is -2.25. The first-order chi connectivity index (χ1) is 12.4. The van der Waals surface area contributed by atoms with E-state index < -0.39 is 6.03 Å². The van der Waals surface area contributed by atoms with Crippen LogP contribution in [0.15, 0.2) is 36.0 Å². The van der Waals surface area contributed by atoms with E-state index in [1.165, 1.54) is 25.5 Å². The summed E-state index contributed by atoms with van der Waals surface area (Å²) < 4.78 is 2.17. The highest BCUT2D eigenvalue weighted by molar-refractivity contribution is 6.13. The first-order valence-corrected chi connectivity index (χ1v) is 9.01. The van der Waals surface area contributed by atoms with Gasteiger partial charge in [0, 0.05) is 24.1 Å². The maximum Gasteiger partial charge on any atom is 0.328 e. The lowest BCUT2D eigenvalue weighted by atomic mass is 10.1. The average Bonchev–Trinajstić information content (AvgIpc) is 3.04. The molecule has 5 nitrogen and oxygen atoms in total. The summed E-state index contributed by atoms with van der Waals surface area (Å²) >= 11 is 0. The van der Waals surface area contributed by atoms with Gasteiger partial charge in [0.05, 0.1) is 0 Å². The number of likely N-dealkylation sites (N-methyl/N-ethyl adjacent to an activating group) is 1. The van der Waals surface area contributed by atoms with E-state index in [1.807, 2.05) is 19.9 Å². The van der Waals surface area contributed by atoms with Gasteiger partial charge in [-0.25, -0.2) is 4.79 Å². The minimum absolute atomic E-state index is 0.305. The Morgan fingerprint density at radius 3 is 2.38 bits per heavy atom. The summed E-state index contributed by atoms with van der Waals surface area (Å²) in [6, 6.07) is 10.3. The minimum atomic E-state index is -0.391. The number of amides is 3. The molecule has 3 amide bonds. The number of nitrogens with zero attached hydrogens (tertiary/aromatic N) is 2. The molecule has 5 heteroatoms. The van der Waals surface area contributed by atoms with Gasteiger partial charge in [-0.2, -0.15) is 0 Å². The number of carbonyl (C=O) groups is 2. The van der Waals surface area contributed by atoms with Crippen LogP contribution in [0.2, 0.25) is 0 Å². The average molecular weight is 351 g/mol. The third-order valence-corrected chi connectivity index (χ3v) is 4.86. The fourth-order valence-electron chi connectivity index (χ4n) is 3.30. The zero-order valence-electron chi connectivity index (χ0n) is 15.8. The lowest BCUT2D eigenvalue weighted by molar-refractivity contribution is -0.121. The maximum atomic E-state index is 12.1. The molecule has 0 bridgehead atoms. The van der Waals surface area contributed by atoms with Crippen molar-refractivity contribution in [3.63, 3.8) is 0 Å². The van der Waals surface area contributed by atoms with Gasteiger partial charge >= 0.3 is 6.03 Å². The van der Waals surface area contributed by atoms with Gasteiger partial charge < -0.3 is 9.88 Å². The highest BCUT2D eigenvalue weighted by Crippen LogP contribution is 2.24. The maximum absolute atomic E-state index is 12.1.